The number of ether oxygens (including phenoxy) is 2. The predicted molar refractivity (Wildman–Crippen MR) is 99.6 cm³/mol. The predicted octanol–water partition coefficient (Wildman–Crippen LogP) is 2.50. The lowest BCUT2D eigenvalue weighted by atomic mass is 10.1. The lowest BCUT2D eigenvalue weighted by Gasteiger charge is -2.08. The van der Waals surface area contributed by atoms with Gasteiger partial charge in [0.2, 0.25) is 5.91 Å². The molecule has 0 aromatic heterocycles. The quantitative estimate of drug-likeness (QED) is 0.592. The molecule has 0 radical (unpaired) electrons. The molecule has 0 heterocycles. The van der Waals surface area contributed by atoms with Crippen molar-refractivity contribution in [3.8, 4) is 11.5 Å². The summed E-state index contributed by atoms with van der Waals surface area (Å²) < 4.78 is 10.4. The Bertz CT molecular complexity index is 773. The van der Waals surface area contributed by atoms with Crippen LogP contribution in [0.4, 0.5) is 0 Å². The third kappa shape index (κ3) is 5.98. The maximum absolute atomic E-state index is 11.8. The molecule has 0 aliphatic carbocycles. The highest BCUT2D eigenvalue weighted by Gasteiger charge is 2.05. The van der Waals surface area contributed by atoms with Gasteiger partial charge in [0.1, 0.15) is 0 Å². The van der Waals surface area contributed by atoms with E-state index in [1.54, 1.807) is 38.5 Å². The molecule has 2 aromatic carbocycles. The number of nitrogens with one attached hydrogen (secondary N) is 2. The Morgan fingerprint density at radius 2 is 1.69 bits per heavy atom. The number of hydrazine groups is 1. The van der Waals surface area contributed by atoms with Crippen molar-refractivity contribution in [2.75, 3.05) is 14.2 Å². The number of benzene rings is 2. The van der Waals surface area contributed by atoms with Crippen molar-refractivity contribution in [1.29, 1.82) is 0 Å². The Morgan fingerprint density at radius 1 is 0.962 bits per heavy atom. The zero-order valence-corrected chi connectivity index (χ0v) is 14.8. The van der Waals surface area contributed by atoms with Crippen molar-refractivity contribution in [1.82, 2.24) is 10.9 Å². The third-order valence-electron chi connectivity index (χ3n) is 3.64. The summed E-state index contributed by atoms with van der Waals surface area (Å²) in [6.45, 7) is 0. The van der Waals surface area contributed by atoms with E-state index in [9.17, 15) is 9.59 Å². The summed E-state index contributed by atoms with van der Waals surface area (Å²) in [5, 5.41) is 0. The van der Waals surface area contributed by atoms with E-state index in [0.29, 0.717) is 24.3 Å². The molecule has 0 spiro atoms. The number of methoxy groups -OCH3 is 2. The second kappa shape index (κ2) is 9.88. The van der Waals surface area contributed by atoms with Gasteiger partial charge in [-0.1, -0.05) is 36.4 Å². The molecule has 2 amide bonds. The van der Waals surface area contributed by atoms with E-state index in [2.05, 4.69) is 10.9 Å². The molecule has 0 atom stereocenters. The number of carbonyl (C=O) groups excluding carboxylic acids is 2. The summed E-state index contributed by atoms with van der Waals surface area (Å²) >= 11 is 0. The van der Waals surface area contributed by atoms with Crippen molar-refractivity contribution in [3.63, 3.8) is 0 Å². The molecule has 0 bridgehead atoms. The first-order valence-electron chi connectivity index (χ1n) is 8.15. The molecular formula is C20H22N2O4. The second-order valence-electron chi connectivity index (χ2n) is 5.47. The van der Waals surface area contributed by atoms with Gasteiger partial charge in [-0.3, -0.25) is 20.4 Å². The van der Waals surface area contributed by atoms with Crippen LogP contribution in [0.5, 0.6) is 11.5 Å². The van der Waals surface area contributed by atoms with Crippen molar-refractivity contribution < 1.29 is 19.1 Å². The van der Waals surface area contributed by atoms with Crippen LogP contribution in [0, 0.1) is 0 Å². The van der Waals surface area contributed by atoms with Gasteiger partial charge in [0.15, 0.2) is 11.5 Å². The van der Waals surface area contributed by atoms with Crippen LogP contribution in [-0.4, -0.2) is 26.0 Å². The molecule has 6 nitrogen and oxygen atoms in total. The smallest absolute Gasteiger partial charge is 0.262 e. The van der Waals surface area contributed by atoms with Crippen LogP contribution in [0.25, 0.3) is 6.08 Å². The molecule has 6 heteroatoms. The normalized spacial score (nSPS) is 10.4. The van der Waals surface area contributed by atoms with Gasteiger partial charge in [-0.15, -0.1) is 0 Å². The van der Waals surface area contributed by atoms with Gasteiger partial charge in [0, 0.05) is 12.5 Å². The maximum atomic E-state index is 11.8. The van der Waals surface area contributed by atoms with Crippen molar-refractivity contribution >= 4 is 17.9 Å². The Kier molecular flexibility index (Phi) is 7.24. The average molecular weight is 354 g/mol. The summed E-state index contributed by atoms with van der Waals surface area (Å²) in [6.07, 6.45) is 3.86. The lowest BCUT2D eigenvalue weighted by molar-refractivity contribution is -0.126. The Balaban J connectivity index is 1.79. The number of hydrogen-bond acceptors (Lipinski definition) is 4. The third-order valence-corrected chi connectivity index (χ3v) is 3.64. The fraction of sp³-hybridized carbons (Fsp3) is 0.200. The van der Waals surface area contributed by atoms with Crippen molar-refractivity contribution in [2.24, 2.45) is 0 Å². The van der Waals surface area contributed by atoms with Gasteiger partial charge in [-0.25, -0.2) is 0 Å². The number of aryl methyl sites for hydroxylation is 1. The molecule has 0 fully saturated rings. The zero-order chi connectivity index (χ0) is 18.8. The summed E-state index contributed by atoms with van der Waals surface area (Å²) in [6, 6.07) is 15.0. The summed E-state index contributed by atoms with van der Waals surface area (Å²) in [7, 11) is 3.10. The molecule has 0 aliphatic rings. The van der Waals surface area contributed by atoms with Crippen LogP contribution in [0.3, 0.4) is 0 Å². The van der Waals surface area contributed by atoms with E-state index in [-0.39, 0.29) is 5.91 Å². The first kappa shape index (κ1) is 19.1. The van der Waals surface area contributed by atoms with Crippen LogP contribution < -0.4 is 20.3 Å². The van der Waals surface area contributed by atoms with E-state index in [0.717, 1.165) is 11.1 Å². The highest BCUT2D eigenvalue weighted by Crippen LogP contribution is 2.27. The first-order valence-corrected chi connectivity index (χ1v) is 8.15. The highest BCUT2D eigenvalue weighted by atomic mass is 16.5. The minimum absolute atomic E-state index is 0.248. The molecule has 0 unspecified atom stereocenters. The topological polar surface area (TPSA) is 76.7 Å². The molecule has 2 N–H and O–H groups in total. The Labute approximate surface area is 152 Å². The Hall–Kier alpha value is -3.28. The van der Waals surface area contributed by atoms with E-state index in [1.165, 1.54) is 6.08 Å². The molecule has 0 aliphatic heterocycles. The minimum atomic E-state index is -0.423. The maximum Gasteiger partial charge on any atom is 0.262 e. The molecule has 2 rings (SSSR count). The van der Waals surface area contributed by atoms with Gasteiger partial charge in [-0.05, 0) is 35.8 Å². The van der Waals surface area contributed by atoms with Crippen molar-refractivity contribution in [3.05, 3.63) is 65.7 Å². The largest absolute Gasteiger partial charge is 0.493 e. The molecule has 136 valence electrons. The van der Waals surface area contributed by atoms with Gasteiger partial charge < -0.3 is 9.47 Å². The monoisotopic (exact) mass is 354 g/mol. The fourth-order valence-electron chi connectivity index (χ4n) is 2.27. The molecule has 2 aromatic rings. The number of rotatable bonds is 7. The van der Waals surface area contributed by atoms with Crippen molar-refractivity contribution in [2.45, 2.75) is 12.8 Å². The average Bonchev–Trinajstić information content (AvgIpc) is 2.69. The van der Waals surface area contributed by atoms with E-state index >= 15 is 0 Å². The van der Waals surface area contributed by atoms with Gasteiger partial charge in [0.05, 0.1) is 14.2 Å². The van der Waals surface area contributed by atoms with Gasteiger partial charge in [0.25, 0.3) is 5.91 Å². The standard InChI is InChI=1S/C20H22N2O4/c1-25-17-11-8-16(14-18(17)26-2)10-13-20(24)22-21-19(23)12-9-15-6-4-3-5-7-15/h3-8,10-11,13-14H,9,12H2,1-2H3,(H,21,23)(H,22,24)/b13-10+. The summed E-state index contributed by atoms with van der Waals surface area (Å²) in [5.41, 5.74) is 6.60. The molecule has 26 heavy (non-hydrogen) atoms. The van der Waals surface area contributed by atoms with Crippen LogP contribution >= 0.6 is 0 Å². The van der Waals surface area contributed by atoms with E-state index in [4.69, 9.17) is 9.47 Å². The zero-order valence-electron chi connectivity index (χ0n) is 14.8. The fourth-order valence-corrected chi connectivity index (χ4v) is 2.27. The van der Waals surface area contributed by atoms with Gasteiger partial charge >= 0.3 is 0 Å². The summed E-state index contributed by atoms with van der Waals surface area (Å²) in [4.78, 5) is 23.6. The molecule has 0 saturated carbocycles. The molecular weight excluding hydrogens is 332 g/mol. The van der Waals surface area contributed by atoms with Crippen LogP contribution in [0.1, 0.15) is 17.5 Å². The number of amides is 2. The van der Waals surface area contributed by atoms with Crippen LogP contribution in [0.2, 0.25) is 0 Å². The highest BCUT2D eigenvalue weighted by molar-refractivity contribution is 5.93. The van der Waals surface area contributed by atoms with Crippen LogP contribution in [-0.2, 0) is 16.0 Å². The van der Waals surface area contributed by atoms with E-state index in [1.807, 2.05) is 30.3 Å². The number of hydrogen-bond donors (Lipinski definition) is 2. The molecule has 0 saturated heterocycles. The number of carbonyl (C=O) groups is 2. The van der Waals surface area contributed by atoms with Gasteiger partial charge in [-0.2, -0.15) is 0 Å². The SMILES string of the molecule is COc1ccc(/C=C/C(=O)NNC(=O)CCc2ccccc2)cc1OC. The first-order chi connectivity index (χ1) is 12.6. The Morgan fingerprint density at radius 3 is 2.38 bits per heavy atom. The summed E-state index contributed by atoms with van der Waals surface area (Å²) in [5.74, 6) is 0.513. The second-order valence-corrected chi connectivity index (χ2v) is 5.47. The van der Waals surface area contributed by atoms with E-state index < -0.39 is 5.91 Å². The minimum Gasteiger partial charge on any atom is -0.493 e. The van der Waals surface area contributed by atoms with Crippen LogP contribution in [0.15, 0.2) is 54.6 Å². The lowest BCUT2D eigenvalue weighted by Crippen LogP contribution is -2.40.